The molecule has 130 valence electrons. The van der Waals surface area contributed by atoms with E-state index in [4.69, 9.17) is 4.84 Å². The lowest BCUT2D eigenvalue weighted by Crippen LogP contribution is -2.33. The molecule has 6 nitrogen and oxygen atoms in total. The van der Waals surface area contributed by atoms with E-state index in [1.165, 1.54) is 21.9 Å². The molecule has 0 saturated heterocycles. The third kappa shape index (κ3) is 3.62. The quantitative estimate of drug-likeness (QED) is 0.729. The van der Waals surface area contributed by atoms with E-state index in [2.05, 4.69) is 10.5 Å². The Bertz CT molecular complexity index is 955. The number of nitrogens with zero attached hydrogens (tertiary/aromatic N) is 2. The van der Waals surface area contributed by atoms with E-state index in [1.807, 2.05) is 56.5 Å². The highest BCUT2D eigenvalue weighted by Gasteiger charge is 2.22. The van der Waals surface area contributed by atoms with Gasteiger partial charge in [0.15, 0.2) is 4.96 Å². The third-order valence-corrected chi connectivity index (χ3v) is 4.55. The number of nitrogens with one attached hydrogen (secondary N) is 1. The number of thiazole rings is 1. The van der Waals surface area contributed by atoms with Crippen LogP contribution in [0.15, 0.2) is 46.7 Å². The molecule has 2 aromatic heterocycles. The Balaban J connectivity index is 1.82. The van der Waals surface area contributed by atoms with Crippen LogP contribution >= 0.6 is 11.3 Å². The van der Waals surface area contributed by atoms with Crippen molar-refractivity contribution in [3.63, 3.8) is 0 Å². The van der Waals surface area contributed by atoms with Crippen LogP contribution in [0.4, 0.5) is 0 Å². The highest BCUT2D eigenvalue weighted by atomic mass is 32.1. The van der Waals surface area contributed by atoms with Crippen molar-refractivity contribution >= 4 is 22.2 Å². The fourth-order valence-corrected chi connectivity index (χ4v) is 3.46. The van der Waals surface area contributed by atoms with Crippen molar-refractivity contribution in [3.05, 3.63) is 69.1 Å². The van der Waals surface area contributed by atoms with Crippen LogP contribution in [-0.2, 0) is 16.9 Å². The maximum absolute atomic E-state index is 12.7. The van der Waals surface area contributed by atoms with Crippen LogP contribution in [0.2, 0.25) is 0 Å². The molecular weight excluding hydrogens is 338 g/mol. The molecule has 1 N–H and O–H groups in total. The van der Waals surface area contributed by atoms with Crippen molar-refractivity contribution in [1.29, 1.82) is 0 Å². The zero-order valence-electron chi connectivity index (χ0n) is 14.3. The third-order valence-electron chi connectivity index (χ3n) is 3.71. The van der Waals surface area contributed by atoms with Gasteiger partial charge in [-0.3, -0.25) is 18.8 Å². The second kappa shape index (κ2) is 6.78. The van der Waals surface area contributed by atoms with E-state index in [9.17, 15) is 9.59 Å². The Hall–Kier alpha value is -2.51. The molecule has 0 atom stereocenters. The van der Waals surface area contributed by atoms with Crippen LogP contribution in [-0.4, -0.2) is 15.3 Å². The number of amides is 1. The van der Waals surface area contributed by atoms with Gasteiger partial charge in [0.25, 0.3) is 11.5 Å². The fraction of sp³-hybridized carbons (Fsp3) is 0.278. The lowest BCUT2D eigenvalue weighted by Gasteiger charge is -2.17. The number of aromatic nitrogens is 2. The van der Waals surface area contributed by atoms with E-state index in [1.54, 1.807) is 0 Å². The summed E-state index contributed by atoms with van der Waals surface area (Å²) in [6, 6.07) is 9.44. The lowest BCUT2D eigenvalue weighted by atomic mass is 9.93. The van der Waals surface area contributed by atoms with Gasteiger partial charge in [-0.25, -0.2) is 10.5 Å². The van der Waals surface area contributed by atoms with Gasteiger partial charge in [-0.05, 0) is 5.56 Å². The summed E-state index contributed by atoms with van der Waals surface area (Å²) in [5.41, 5.74) is 3.38. The topological polar surface area (TPSA) is 72.7 Å². The summed E-state index contributed by atoms with van der Waals surface area (Å²) >= 11 is 1.38. The van der Waals surface area contributed by atoms with Crippen molar-refractivity contribution < 1.29 is 9.63 Å². The van der Waals surface area contributed by atoms with Gasteiger partial charge >= 0.3 is 0 Å². The summed E-state index contributed by atoms with van der Waals surface area (Å²) < 4.78 is 1.50. The molecule has 0 saturated carbocycles. The minimum absolute atomic E-state index is 0.0468. The van der Waals surface area contributed by atoms with Crippen LogP contribution in [0, 0.1) is 0 Å². The number of carbonyl (C=O) groups excluding carboxylic acids is 1. The minimum atomic E-state index is -0.603. The summed E-state index contributed by atoms with van der Waals surface area (Å²) in [4.78, 5) is 35.0. The Morgan fingerprint density at radius 3 is 2.68 bits per heavy atom. The van der Waals surface area contributed by atoms with Gasteiger partial charge in [0, 0.05) is 22.7 Å². The van der Waals surface area contributed by atoms with E-state index in [0.717, 1.165) is 11.3 Å². The van der Waals surface area contributed by atoms with Crippen molar-refractivity contribution in [2.24, 2.45) is 0 Å². The summed E-state index contributed by atoms with van der Waals surface area (Å²) in [5.74, 6) is -0.603. The number of carbonyl (C=O) groups is 1. The zero-order chi connectivity index (χ0) is 18.0. The molecule has 0 aliphatic heterocycles. The molecule has 2 heterocycles. The highest BCUT2D eigenvalue weighted by Crippen LogP contribution is 2.25. The Morgan fingerprint density at radius 1 is 1.28 bits per heavy atom. The summed E-state index contributed by atoms with van der Waals surface area (Å²) in [5, 5.41) is 1.90. The number of fused-ring (bicyclic) bond motifs is 1. The number of hydrogen-bond donors (Lipinski definition) is 1. The summed E-state index contributed by atoms with van der Waals surface area (Å²) in [6.45, 7) is 6.25. The predicted octanol–water partition coefficient (Wildman–Crippen LogP) is 2.92. The second-order valence-corrected chi connectivity index (χ2v) is 7.51. The van der Waals surface area contributed by atoms with E-state index >= 15 is 0 Å². The molecule has 1 amide bonds. The van der Waals surface area contributed by atoms with Gasteiger partial charge in [0.2, 0.25) is 0 Å². The molecule has 3 rings (SSSR count). The second-order valence-electron chi connectivity index (χ2n) is 6.67. The normalized spacial score (nSPS) is 11.6. The minimum Gasteiger partial charge on any atom is -0.269 e. The zero-order valence-corrected chi connectivity index (χ0v) is 15.1. The van der Waals surface area contributed by atoms with Crippen LogP contribution < -0.4 is 11.0 Å². The van der Waals surface area contributed by atoms with E-state index in [-0.39, 0.29) is 17.6 Å². The average Bonchev–Trinajstić information content (AvgIpc) is 3.01. The summed E-state index contributed by atoms with van der Waals surface area (Å²) in [6.07, 6.45) is 1.29. The van der Waals surface area contributed by atoms with Gasteiger partial charge < -0.3 is 0 Å². The first-order valence-electron chi connectivity index (χ1n) is 7.84. The first kappa shape index (κ1) is 17.3. The Morgan fingerprint density at radius 2 is 2.00 bits per heavy atom. The number of hydroxylamine groups is 1. The van der Waals surface area contributed by atoms with Crippen molar-refractivity contribution in [2.75, 3.05) is 0 Å². The lowest BCUT2D eigenvalue weighted by molar-refractivity contribution is 0.0232. The van der Waals surface area contributed by atoms with Crippen LogP contribution in [0.3, 0.4) is 0 Å². The molecule has 0 unspecified atom stereocenters. The largest absolute Gasteiger partial charge is 0.282 e. The number of benzene rings is 1. The number of hydrogen-bond acceptors (Lipinski definition) is 5. The number of rotatable bonds is 4. The Kier molecular flexibility index (Phi) is 4.69. The van der Waals surface area contributed by atoms with Crippen molar-refractivity contribution in [1.82, 2.24) is 14.9 Å². The molecule has 3 aromatic rings. The molecule has 0 bridgehead atoms. The molecule has 0 spiro atoms. The predicted molar refractivity (Wildman–Crippen MR) is 96.7 cm³/mol. The monoisotopic (exact) mass is 357 g/mol. The molecule has 0 radical (unpaired) electrons. The fourth-order valence-electron chi connectivity index (χ4n) is 2.38. The molecule has 1 aromatic carbocycles. The maximum Gasteiger partial charge on any atom is 0.282 e. The molecule has 0 fully saturated rings. The molecule has 0 aliphatic carbocycles. The first-order chi connectivity index (χ1) is 11.9. The smallest absolute Gasteiger partial charge is 0.269 e. The van der Waals surface area contributed by atoms with E-state index in [0.29, 0.717) is 4.96 Å². The average molecular weight is 357 g/mol. The van der Waals surface area contributed by atoms with Gasteiger partial charge in [0.1, 0.15) is 5.56 Å². The van der Waals surface area contributed by atoms with Gasteiger partial charge in [-0.2, -0.15) is 0 Å². The van der Waals surface area contributed by atoms with Crippen LogP contribution in [0.5, 0.6) is 0 Å². The molecule has 0 aliphatic rings. The van der Waals surface area contributed by atoms with Crippen molar-refractivity contribution in [3.8, 4) is 0 Å². The molecule has 7 heteroatoms. The van der Waals surface area contributed by atoms with Crippen molar-refractivity contribution in [2.45, 2.75) is 32.8 Å². The van der Waals surface area contributed by atoms with Gasteiger partial charge in [-0.15, -0.1) is 11.3 Å². The van der Waals surface area contributed by atoms with Gasteiger partial charge in [0.05, 0.1) is 6.61 Å². The van der Waals surface area contributed by atoms with Crippen LogP contribution in [0.25, 0.3) is 4.96 Å². The van der Waals surface area contributed by atoms with E-state index < -0.39 is 11.5 Å². The standard InChI is InChI=1S/C18H19N3O3S/c1-18(2,3)14-11-25-17-19-9-13(16(23)21(14)17)15(22)20-24-10-12-7-5-4-6-8-12/h4-9,11H,10H2,1-3H3,(H,20,22). The van der Waals surface area contributed by atoms with Gasteiger partial charge in [-0.1, -0.05) is 51.1 Å². The maximum atomic E-state index is 12.7. The Labute approximate surface area is 149 Å². The highest BCUT2D eigenvalue weighted by molar-refractivity contribution is 7.15. The van der Waals surface area contributed by atoms with Crippen LogP contribution in [0.1, 0.15) is 42.4 Å². The first-order valence-corrected chi connectivity index (χ1v) is 8.71. The SMILES string of the molecule is CC(C)(C)c1csc2ncc(C(=O)NOCc3ccccc3)c(=O)n12. The molecule has 25 heavy (non-hydrogen) atoms. The molecular formula is C18H19N3O3S. The summed E-state index contributed by atoms with van der Waals surface area (Å²) in [7, 11) is 0.